The first-order valence-electron chi connectivity index (χ1n) is 4.29. The number of carbonyl (C=O) groups is 1. The number of amidine groups is 1. The number of nitrogens with two attached hydrogens (primary N) is 1. The van der Waals surface area contributed by atoms with E-state index >= 15 is 0 Å². The molecule has 98 valence electrons. The number of carboxylic acids is 1. The number of halogens is 5. The van der Waals surface area contributed by atoms with Crippen LogP contribution in [0.25, 0.3) is 0 Å². The van der Waals surface area contributed by atoms with Gasteiger partial charge in [-0.05, 0) is 0 Å². The summed E-state index contributed by atoms with van der Waals surface area (Å²) in [4.78, 5) is 13.5. The summed E-state index contributed by atoms with van der Waals surface area (Å²) in [6.45, 7) is 0. The zero-order valence-electron chi connectivity index (χ0n) is 8.48. The SMILES string of the molecule is NC(CCl)=Nc1c(F)c(F)c(C(=O)O)c(F)c1F. The van der Waals surface area contributed by atoms with Crippen LogP contribution in [0.5, 0.6) is 0 Å². The number of aliphatic imine (C=N–C) groups is 1. The number of nitrogens with zero attached hydrogens (tertiary/aromatic N) is 1. The average molecular weight is 285 g/mol. The second kappa shape index (κ2) is 5.21. The molecule has 0 aliphatic carbocycles. The normalized spacial score (nSPS) is 11.7. The minimum atomic E-state index is -2.15. The van der Waals surface area contributed by atoms with E-state index < -0.39 is 52.2 Å². The summed E-state index contributed by atoms with van der Waals surface area (Å²) in [5, 5.41) is 8.42. The third-order valence-electron chi connectivity index (χ3n) is 1.85. The summed E-state index contributed by atoms with van der Waals surface area (Å²) in [6.07, 6.45) is 0. The highest BCUT2D eigenvalue weighted by molar-refractivity contribution is 6.28. The number of alkyl halides is 1. The fraction of sp³-hybridized carbons (Fsp3) is 0.111. The number of hydrogen-bond acceptors (Lipinski definition) is 2. The quantitative estimate of drug-likeness (QED) is 0.294. The maximum Gasteiger partial charge on any atom is 0.341 e. The van der Waals surface area contributed by atoms with Crippen molar-refractivity contribution >= 4 is 29.1 Å². The number of rotatable bonds is 3. The zero-order valence-corrected chi connectivity index (χ0v) is 9.23. The van der Waals surface area contributed by atoms with Crippen molar-refractivity contribution in [3.8, 4) is 0 Å². The van der Waals surface area contributed by atoms with Gasteiger partial charge >= 0.3 is 5.97 Å². The molecule has 1 aromatic rings. The van der Waals surface area contributed by atoms with Gasteiger partial charge in [-0.25, -0.2) is 27.3 Å². The standard InChI is InChI=1S/C9H5ClF4N2O2/c10-1-2(15)16-8-6(13)4(11)3(9(17)18)5(12)7(8)14/h1H2,(H2,15,16)(H,17,18). The minimum Gasteiger partial charge on any atom is -0.477 e. The molecule has 0 unspecified atom stereocenters. The molecule has 1 aromatic carbocycles. The molecule has 0 heterocycles. The van der Waals surface area contributed by atoms with Crippen molar-refractivity contribution in [2.75, 3.05) is 5.88 Å². The molecule has 0 aliphatic rings. The summed E-state index contributed by atoms with van der Waals surface area (Å²) >= 11 is 5.19. The van der Waals surface area contributed by atoms with E-state index in [4.69, 9.17) is 22.4 Å². The van der Waals surface area contributed by atoms with Crippen molar-refractivity contribution in [3.63, 3.8) is 0 Å². The van der Waals surface area contributed by atoms with Crippen molar-refractivity contribution in [2.45, 2.75) is 0 Å². The smallest absolute Gasteiger partial charge is 0.341 e. The van der Waals surface area contributed by atoms with E-state index in [0.717, 1.165) is 0 Å². The first-order valence-corrected chi connectivity index (χ1v) is 4.82. The lowest BCUT2D eigenvalue weighted by Gasteiger charge is -2.06. The van der Waals surface area contributed by atoms with Crippen LogP contribution in [0.4, 0.5) is 23.2 Å². The highest BCUT2D eigenvalue weighted by atomic mass is 35.5. The number of carboxylic acid groups (broad SMARTS) is 1. The summed E-state index contributed by atoms with van der Waals surface area (Å²) < 4.78 is 53.0. The molecule has 0 radical (unpaired) electrons. The second-order valence-electron chi connectivity index (χ2n) is 3.02. The van der Waals surface area contributed by atoms with Crippen LogP contribution in [0.1, 0.15) is 10.4 Å². The Hall–Kier alpha value is -1.83. The van der Waals surface area contributed by atoms with Gasteiger partial charge in [-0.15, -0.1) is 11.6 Å². The molecule has 4 nitrogen and oxygen atoms in total. The van der Waals surface area contributed by atoms with Gasteiger partial charge in [0, 0.05) is 0 Å². The lowest BCUT2D eigenvalue weighted by molar-refractivity contribution is 0.0683. The predicted molar refractivity (Wildman–Crippen MR) is 55.2 cm³/mol. The molecule has 0 fully saturated rings. The molecule has 18 heavy (non-hydrogen) atoms. The van der Waals surface area contributed by atoms with Crippen LogP contribution in [-0.4, -0.2) is 22.8 Å². The Morgan fingerprint density at radius 3 is 1.94 bits per heavy atom. The van der Waals surface area contributed by atoms with Crippen LogP contribution in [-0.2, 0) is 0 Å². The largest absolute Gasteiger partial charge is 0.477 e. The Balaban J connectivity index is 3.64. The Kier molecular flexibility index (Phi) is 4.12. The minimum absolute atomic E-state index is 0.428. The van der Waals surface area contributed by atoms with Gasteiger partial charge in [0.25, 0.3) is 0 Å². The molecule has 0 aliphatic heterocycles. The van der Waals surface area contributed by atoms with E-state index in [-0.39, 0.29) is 0 Å². The average Bonchev–Trinajstić information content (AvgIpc) is 2.31. The predicted octanol–water partition coefficient (Wildman–Crippen LogP) is 2.17. The molecule has 0 aromatic heterocycles. The van der Waals surface area contributed by atoms with E-state index in [1.54, 1.807) is 0 Å². The van der Waals surface area contributed by atoms with Gasteiger partial charge in [0.05, 0.1) is 5.88 Å². The molecule has 0 atom stereocenters. The highest BCUT2D eigenvalue weighted by Crippen LogP contribution is 2.30. The second-order valence-corrected chi connectivity index (χ2v) is 3.29. The monoisotopic (exact) mass is 284 g/mol. The van der Waals surface area contributed by atoms with Gasteiger partial charge in [-0.2, -0.15) is 0 Å². The first kappa shape index (κ1) is 14.2. The van der Waals surface area contributed by atoms with Crippen LogP contribution in [0.2, 0.25) is 0 Å². The van der Waals surface area contributed by atoms with Crippen LogP contribution >= 0.6 is 11.6 Å². The van der Waals surface area contributed by atoms with Gasteiger partial charge in [0.2, 0.25) is 0 Å². The maximum atomic E-state index is 13.3. The number of aromatic carboxylic acids is 1. The fourth-order valence-corrected chi connectivity index (χ4v) is 1.14. The van der Waals surface area contributed by atoms with E-state index in [1.807, 2.05) is 0 Å². The number of hydrogen-bond donors (Lipinski definition) is 2. The van der Waals surface area contributed by atoms with E-state index in [0.29, 0.717) is 0 Å². The van der Waals surface area contributed by atoms with Gasteiger partial charge in [0.15, 0.2) is 23.3 Å². The molecule has 0 saturated carbocycles. The van der Waals surface area contributed by atoms with Crippen LogP contribution in [0, 0.1) is 23.3 Å². The van der Waals surface area contributed by atoms with Gasteiger partial charge < -0.3 is 10.8 Å². The van der Waals surface area contributed by atoms with Crippen LogP contribution < -0.4 is 5.73 Å². The van der Waals surface area contributed by atoms with Crippen LogP contribution in [0.15, 0.2) is 4.99 Å². The fourth-order valence-electron chi connectivity index (χ4n) is 1.08. The van der Waals surface area contributed by atoms with E-state index in [9.17, 15) is 22.4 Å². The molecule has 0 amide bonds. The molecular weight excluding hydrogens is 280 g/mol. The van der Waals surface area contributed by atoms with Gasteiger partial charge in [-0.3, -0.25) is 0 Å². The highest BCUT2D eigenvalue weighted by Gasteiger charge is 2.29. The third kappa shape index (κ3) is 2.37. The van der Waals surface area contributed by atoms with E-state index in [2.05, 4.69) is 4.99 Å². The lowest BCUT2D eigenvalue weighted by Crippen LogP contribution is -2.14. The Morgan fingerprint density at radius 2 is 1.61 bits per heavy atom. The van der Waals surface area contributed by atoms with Crippen molar-refractivity contribution in [3.05, 3.63) is 28.8 Å². The molecule has 1 rings (SSSR count). The first-order chi connectivity index (χ1) is 8.31. The van der Waals surface area contributed by atoms with Crippen LogP contribution in [0.3, 0.4) is 0 Å². The van der Waals surface area contributed by atoms with E-state index in [1.165, 1.54) is 0 Å². The molecule has 9 heteroatoms. The topological polar surface area (TPSA) is 75.7 Å². The zero-order chi connectivity index (χ0) is 14.0. The Morgan fingerprint density at radius 1 is 1.17 bits per heavy atom. The molecule has 3 N–H and O–H groups in total. The maximum absolute atomic E-state index is 13.3. The van der Waals surface area contributed by atoms with Gasteiger partial charge in [-0.1, -0.05) is 0 Å². The third-order valence-corrected chi connectivity index (χ3v) is 2.12. The molecule has 0 bridgehead atoms. The number of benzene rings is 1. The lowest BCUT2D eigenvalue weighted by atomic mass is 10.1. The Bertz CT molecular complexity index is 519. The summed E-state index contributed by atoms with van der Waals surface area (Å²) in [6, 6.07) is 0. The summed E-state index contributed by atoms with van der Waals surface area (Å²) in [5.41, 5.74) is 1.95. The molecule has 0 spiro atoms. The summed E-state index contributed by atoms with van der Waals surface area (Å²) in [5.74, 6) is -11.1. The van der Waals surface area contributed by atoms with Gasteiger partial charge in [0.1, 0.15) is 17.1 Å². The van der Waals surface area contributed by atoms with Crippen molar-refractivity contribution in [1.29, 1.82) is 0 Å². The summed E-state index contributed by atoms with van der Waals surface area (Å²) in [7, 11) is 0. The van der Waals surface area contributed by atoms with Crippen molar-refractivity contribution in [1.82, 2.24) is 0 Å². The molecular formula is C9H5ClF4N2O2. The Labute approximate surface area is 103 Å². The van der Waals surface area contributed by atoms with Crippen molar-refractivity contribution < 1.29 is 27.5 Å². The van der Waals surface area contributed by atoms with Crippen molar-refractivity contribution in [2.24, 2.45) is 10.7 Å². The molecule has 0 saturated heterocycles.